The zero-order valence-corrected chi connectivity index (χ0v) is 16.7. The lowest BCUT2D eigenvalue weighted by molar-refractivity contribution is 0.0944. The Balaban J connectivity index is 1.53. The zero-order chi connectivity index (χ0) is 20.1. The summed E-state index contributed by atoms with van der Waals surface area (Å²) in [5.41, 5.74) is 8.09. The third-order valence-corrected chi connectivity index (χ3v) is 5.11. The monoisotopic (exact) mass is 406 g/mol. The van der Waals surface area contributed by atoms with Crippen molar-refractivity contribution in [3.05, 3.63) is 66.6 Å². The number of nitrogens with one attached hydrogen (secondary N) is 3. The highest BCUT2D eigenvalue weighted by Crippen LogP contribution is 2.23. The second-order valence-corrected chi connectivity index (χ2v) is 7.36. The highest BCUT2D eigenvalue weighted by atomic mass is 32.1. The van der Waals surface area contributed by atoms with Crippen molar-refractivity contribution in [3.63, 3.8) is 0 Å². The smallest absolute Gasteiger partial charge is 0.273 e. The molecule has 1 saturated carbocycles. The Morgan fingerprint density at radius 1 is 1.07 bits per heavy atom. The fraction of sp³-hybridized carbons (Fsp3) is 0.238. The van der Waals surface area contributed by atoms with Gasteiger partial charge in [-0.2, -0.15) is 5.10 Å². The van der Waals surface area contributed by atoms with Crippen LogP contribution in [0.2, 0.25) is 0 Å². The molecule has 2 heterocycles. The van der Waals surface area contributed by atoms with Gasteiger partial charge in [-0.05, 0) is 49.3 Å². The second kappa shape index (κ2) is 8.83. The molecular formula is C21H22N6OS. The predicted octanol–water partition coefficient (Wildman–Crippen LogP) is 2.99. The quantitative estimate of drug-likeness (QED) is 0.456. The van der Waals surface area contributed by atoms with Crippen LogP contribution in [0.4, 0.5) is 0 Å². The van der Waals surface area contributed by atoms with Crippen molar-refractivity contribution < 1.29 is 4.79 Å². The van der Waals surface area contributed by atoms with E-state index in [2.05, 4.69) is 26.3 Å². The van der Waals surface area contributed by atoms with Gasteiger partial charge in [-0.1, -0.05) is 31.0 Å². The molecule has 1 fully saturated rings. The number of nitrogens with zero attached hydrogens (tertiary/aromatic N) is 3. The molecule has 3 aromatic rings. The molecule has 0 saturated heterocycles. The van der Waals surface area contributed by atoms with Crippen LogP contribution >= 0.6 is 12.2 Å². The van der Waals surface area contributed by atoms with Crippen molar-refractivity contribution in [2.45, 2.75) is 31.7 Å². The van der Waals surface area contributed by atoms with E-state index >= 15 is 0 Å². The molecule has 1 aliphatic carbocycles. The maximum absolute atomic E-state index is 12.9. The summed E-state index contributed by atoms with van der Waals surface area (Å²) < 4.78 is 1.69. The molecule has 3 N–H and O–H groups in total. The lowest BCUT2D eigenvalue weighted by Gasteiger charge is -2.16. The maximum atomic E-state index is 12.9. The van der Waals surface area contributed by atoms with Crippen LogP contribution in [-0.2, 0) is 0 Å². The molecule has 8 heteroatoms. The number of hydrogen-bond donors (Lipinski definition) is 3. The van der Waals surface area contributed by atoms with Gasteiger partial charge in [-0.25, -0.2) is 4.68 Å². The molecule has 0 spiro atoms. The Morgan fingerprint density at radius 3 is 2.59 bits per heavy atom. The van der Waals surface area contributed by atoms with Gasteiger partial charge in [-0.15, -0.1) is 0 Å². The van der Waals surface area contributed by atoms with E-state index in [1.807, 2.05) is 42.5 Å². The Bertz CT molecular complexity index is 983. The van der Waals surface area contributed by atoms with Gasteiger partial charge < -0.3 is 5.32 Å². The summed E-state index contributed by atoms with van der Waals surface area (Å²) in [5, 5.41) is 8.28. The van der Waals surface area contributed by atoms with E-state index in [1.165, 1.54) is 12.8 Å². The van der Waals surface area contributed by atoms with Gasteiger partial charge in [0.25, 0.3) is 5.91 Å². The van der Waals surface area contributed by atoms with Gasteiger partial charge in [0.05, 0.1) is 11.3 Å². The average Bonchev–Trinajstić information content (AvgIpc) is 3.43. The summed E-state index contributed by atoms with van der Waals surface area (Å²) in [5.74, 6) is -0.318. The number of amides is 1. The lowest BCUT2D eigenvalue weighted by atomic mass is 10.1. The van der Waals surface area contributed by atoms with Crippen molar-refractivity contribution in [1.82, 2.24) is 30.9 Å². The number of pyridine rings is 1. The van der Waals surface area contributed by atoms with Gasteiger partial charge in [0.1, 0.15) is 5.69 Å². The molecule has 148 valence electrons. The van der Waals surface area contributed by atoms with E-state index in [-0.39, 0.29) is 5.91 Å². The number of hydrogen-bond acceptors (Lipinski definition) is 4. The number of benzene rings is 1. The normalized spacial score (nSPS) is 13.8. The molecule has 7 nitrogen and oxygen atoms in total. The first-order valence-corrected chi connectivity index (χ1v) is 10.0. The van der Waals surface area contributed by atoms with Crippen LogP contribution in [-0.4, -0.2) is 31.8 Å². The molecular weight excluding hydrogens is 384 g/mol. The van der Waals surface area contributed by atoms with Crippen LogP contribution in [0.15, 0.2) is 61.1 Å². The van der Waals surface area contributed by atoms with Gasteiger partial charge in [0, 0.05) is 30.2 Å². The first-order chi connectivity index (χ1) is 14.2. The van der Waals surface area contributed by atoms with Gasteiger partial charge in [0.15, 0.2) is 5.11 Å². The van der Waals surface area contributed by atoms with Crippen LogP contribution < -0.4 is 16.2 Å². The SMILES string of the molecule is O=C(NNC(=S)NC1CCCC1)c1cn(-c2ccccc2)nc1-c1cccnc1. The second-order valence-electron chi connectivity index (χ2n) is 6.95. The number of para-hydroxylation sites is 1. The fourth-order valence-electron chi connectivity index (χ4n) is 3.44. The number of carbonyl (C=O) groups excluding carboxylic acids is 1. The maximum Gasteiger partial charge on any atom is 0.273 e. The van der Waals surface area contributed by atoms with Gasteiger partial charge in [-0.3, -0.25) is 20.6 Å². The van der Waals surface area contributed by atoms with Crippen molar-refractivity contribution in [2.24, 2.45) is 0 Å². The minimum absolute atomic E-state index is 0.318. The summed E-state index contributed by atoms with van der Waals surface area (Å²) in [4.78, 5) is 17.0. The van der Waals surface area contributed by atoms with E-state index in [1.54, 1.807) is 23.3 Å². The average molecular weight is 407 g/mol. The number of rotatable bonds is 4. The Kier molecular flexibility index (Phi) is 5.81. The van der Waals surface area contributed by atoms with E-state index in [4.69, 9.17) is 12.2 Å². The molecule has 29 heavy (non-hydrogen) atoms. The van der Waals surface area contributed by atoms with E-state index in [0.717, 1.165) is 24.1 Å². The predicted molar refractivity (Wildman–Crippen MR) is 115 cm³/mol. The third-order valence-electron chi connectivity index (χ3n) is 4.89. The number of hydrazine groups is 1. The van der Waals surface area contributed by atoms with Crippen LogP contribution in [0.1, 0.15) is 36.0 Å². The van der Waals surface area contributed by atoms with E-state index in [9.17, 15) is 4.79 Å². The third kappa shape index (κ3) is 4.60. The van der Waals surface area contributed by atoms with Gasteiger partial charge >= 0.3 is 0 Å². The molecule has 1 aromatic carbocycles. The molecule has 2 aromatic heterocycles. The summed E-state index contributed by atoms with van der Waals surface area (Å²) in [6.07, 6.45) is 9.71. The summed E-state index contributed by atoms with van der Waals surface area (Å²) in [7, 11) is 0. The molecule has 0 atom stereocenters. The van der Waals surface area contributed by atoms with Crippen LogP contribution in [0, 0.1) is 0 Å². The molecule has 0 unspecified atom stereocenters. The fourth-order valence-corrected chi connectivity index (χ4v) is 3.66. The zero-order valence-electron chi connectivity index (χ0n) is 15.8. The topological polar surface area (TPSA) is 83.9 Å². The highest BCUT2D eigenvalue weighted by Gasteiger charge is 2.20. The number of aromatic nitrogens is 3. The molecule has 1 aliphatic rings. The number of carbonyl (C=O) groups is 1. The highest BCUT2D eigenvalue weighted by molar-refractivity contribution is 7.80. The first-order valence-electron chi connectivity index (χ1n) is 9.63. The molecule has 0 radical (unpaired) electrons. The van der Waals surface area contributed by atoms with Crippen LogP contribution in [0.5, 0.6) is 0 Å². The molecule has 4 rings (SSSR count). The number of thiocarbonyl (C=S) groups is 1. The molecule has 0 bridgehead atoms. The standard InChI is InChI=1S/C21H22N6OS/c28-20(24-25-21(29)23-16-8-4-5-9-16)18-14-27(17-10-2-1-3-11-17)26-19(18)15-7-6-12-22-13-15/h1-3,6-7,10-14,16H,4-5,8-9H2,(H,24,28)(H2,23,25,29). The van der Waals surface area contributed by atoms with Crippen LogP contribution in [0.3, 0.4) is 0 Å². The van der Waals surface area contributed by atoms with E-state index in [0.29, 0.717) is 22.4 Å². The summed E-state index contributed by atoms with van der Waals surface area (Å²) >= 11 is 5.30. The molecule has 0 aliphatic heterocycles. The largest absolute Gasteiger partial charge is 0.359 e. The minimum atomic E-state index is -0.318. The van der Waals surface area contributed by atoms with Crippen molar-refractivity contribution in [1.29, 1.82) is 0 Å². The summed E-state index contributed by atoms with van der Waals surface area (Å²) in [6, 6.07) is 13.7. The Labute approximate surface area is 174 Å². The van der Waals surface area contributed by atoms with Crippen molar-refractivity contribution >= 4 is 23.2 Å². The van der Waals surface area contributed by atoms with Gasteiger partial charge in [0.2, 0.25) is 0 Å². The summed E-state index contributed by atoms with van der Waals surface area (Å²) in [6.45, 7) is 0. The van der Waals surface area contributed by atoms with Crippen LogP contribution in [0.25, 0.3) is 16.9 Å². The van der Waals surface area contributed by atoms with E-state index < -0.39 is 0 Å². The Morgan fingerprint density at radius 2 is 1.86 bits per heavy atom. The van der Waals surface area contributed by atoms with Crippen molar-refractivity contribution in [3.8, 4) is 16.9 Å². The Hall–Kier alpha value is -3.26. The minimum Gasteiger partial charge on any atom is -0.359 e. The lowest BCUT2D eigenvalue weighted by Crippen LogP contribution is -2.49. The molecule has 1 amide bonds. The first kappa shape index (κ1) is 19.1. The van der Waals surface area contributed by atoms with Crippen molar-refractivity contribution in [2.75, 3.05) is 0 Å².